The standard InChI is InChI=1S/C8H10Cl2/c9-7-4-5-1-2-6(3-5)8(7)10/h4-6,8H,1-3H2/t5-,6+,8-/m0/s1. The van der Waals surface area contributed by atoms with Crippen LogP contribution >= 0.6 is 23.2 Å². The molecule has 0 N–H and O–H groups in total. The molecule has 2 bridgehead atoms. The predicted molar refractivity (Wildman–Crippen MR) is 44.4 cm³/mol. The summed E-state index contributed by atoms with van der Waals surface area (Å²) < 4.78 is 0. The van der Waals surface area contributed by atoms with Crippen LogP contribution < -0.4 is 0 Å². The first-order valence-corrected chi connectivity index (χ1v) is 4.60. The molecule has 3 atom stereocenters. The number of halogens is 2. The zero-order chi connectivity index (χ0) is 7.14. The second kappa shape index (κ2) is 2.42. The van der Waals surface area contributed by atoms with Gasteiger partial charge in [-0.3, -0.25) is 0 Å². The minimum Gasteiger partial charge on any atom is -0.117 e. The highest BCUT2D eigenvalue weighted by atomic mass is 35.5. The molecule has 1 saturated carbocycles. The van der Waals surface area contributed by atoms with Gasteiger partial charge in [-0.25, -0.2) is 0 Å². The Bertz CT molecular complexity index is 174. The van der Waals surface area contributed by atoms with Crippen molar-refractivity contribution in [2.24, 2.45) is 11.8 Å². The lowest BCUT2D eigenvalue weighted by molar-refractivity contribution is 0.520. The summed E-state index contributed by atoms with van der Waals surface area (Å²) in [6.07, 6.45) is 5.97. The maximum absolute atomic E-state index is 6.06. The summed E-state index contributed by atoms with van der Waals surface area (Å²) in [6, 6.07) is 0. The third-order valence-corrected chi connectivity index (χ3v) is 3.65. The number of hydrogen-bond acceptors (Lipinski definition) is 0. The number of hydrogen-bond donors (Lipinski definition) is 0. The molecule has 10 heavy (non-hydrogen) atoms. The summed E-state index contributed by atoms with van der Waals surface area (Å²) in [4.78, 5) is 0. The molecule has 1 fully saturated rings. The van der Waals surface area contributed by atoms with Crippen LogP contribution in [0.1, 0.15) is 19.3 Å². The highest BCUT2D eigenvalue weighted by Crippen LogP contribution is 2.44. The molecule has 0 nitrogen and oxygen atoms in total. The first kappa shape index (κ1) is 7.00. The fraction of sp³-hybridized carbons (Fsp3) is 0.750. The van der Waals surface area contributed by atoms with Gasteiger partial charge in [0.15, 0.2) is 0 Å². The lowest BCUT2D eigenvalue weighted by Crippen LogP contribution is -2.15. The van der Waals surface area contributed by atoms with Crippen LogP contribution in [0.5, 0.6) is 0 Å². The summed E-state index contributed by atoms with van der Waals surface area (Å²) in [5, 5.41) is 1.01. The van der Waals surface area contributed by atoms with Crippen LogP contribution in [0.25, 0.3) is 0 Å². The van der Waals surface area contributed by atoms with Crippen molar-refractivity contribution in [2.45, 2.75) is 24.6 Å². The SMILES string of the molecule is ClC1=C[C@H]2CC[C@H](C2)[C@@H]1Cl. The minimum absolute atomic E-state index is 0.125. The third kappa shape index (κ3) is 0.981. The smallest absolute Gasteiger partial charge is 0.0717 e. The number of alkyl halides is 1. The first-order chi connectivity index (χ1) is 4.77. The summed E-state index contributed by atoms with van der Waals surface area (Å²) >= 11 is 12.0. The molecule has 0 unspecified atom stereocenters. The van der Waals surface area contributed by atoms with Gasteiger partial charge in [-0.2, -0.15) is 0 Å². The summed E-state index contributed by atoms with van der Waals surface area (Å²) in [6.45, 7) is 0. The van der Waals surface area contributed by atoms with E-state index in [1.807, 2.05) is 0 Å². The van der Waals surface area contributed by atoms with E-state index >= 15 is 0 Å². The van der Waals surface area contributed by atoms with Crippen molar-refractivity contribution in [2.75, 3.05) is 0 Å². The van der Waals surface area contributed by atoms with Crippen LogP contribution in [-0.2, 0) is 0 Å². The first-order valence-electron chi connectivity index (χ1n) is 3.78. The van der Waals surface area contributed by atoms with Gasteiger partial charge in [0.05, 0.1) is 5.38 Å². The van der Waals surface area contributed by atoms with E-state index in [1.54, 1.807) is 0 Å². The molecule has 56 valence electrons. The predicted octanol–water partition coefficient (Wildman–Crippen LogP) is 3.15. The molecule has 0 aromatic heterocycles. The van der Waals surface area contributed by atoms with Crippen LogP contribution in [0, 0.1) is 11.8 Å². The zero-order valence-electron chi connectivity index (χ0n) is 5.69. The topological polar surface area (TPSA) is 0 Å². The second-order valence-electron chi connectivity index (χ2n) is 3.29. The molecule has 0 amide bonds. The highest BCUT2D eigenvalue weighted by Gasteiger charge is 2.34. The maximum atomic E-state index is 6.06. The lowest BCUT2D eigenvalue weighted by Gasteiger charge is -2.20. The van der Waals surface area contributed by atoms with Gasteiger partial charge in [-0.05, 0) is 31.1 Å². The van der Waals surface area contributed by atoms with Crippen molar-refractivity contribution in [1.29, 1.82) is 0 Å². The maximum Gasteiger partial charge on any atom is 0.0717 e. The molecule has 0 spiro atoms. The van der Waals surface area contributed by atoms with Crippen molar-refractivity contribution in [3.8, 4) is 0 Å². The quantitative estimate of drug-likeness (QED) is 0.498. The average molecular weight is 177 g/mol. The van der Waals surface area contributed by atoms with E-state index in [1.165, 1.54) is 19.3 Å². The van der Waals surface area contributed by atoms with Crippen LogP contribution in [0.2, 0.25) is 0 Å². The van der Waals surface area contributed by atoms with Gasteiger partial charge in [0.1, 0.15) is 0 Å². The van der Waals surface area contributed by atoms with Crippen molar-refractivity contribution < 1.29 is 0 Å². The fourth-order valence-electron chi connectivity index (χ4n) is 2.01. The Morgan fingerprint density at radius 2 is 2.20 bits per heavy atom. The number of allylic oxidation sites excluding steroid dienone is 2. The Labute approximate surface area is 71.2 Å². The van der Waals surface area contributed by atoms with E-state index in [-0.39, 0.29) is 5.38 Å². The summed E-state index contributed by atoms with van der Waals surface area (Å²) in [7, 11) is 0. The molecule has 0 aromatic rings. The average Bonchev–Trinajstić information content (AvgIpc) is 2.29. The van der Waals surface area contributed by atoms with Crippen LogP contribution in [0.4, 0.5) is 0 Å². The van der Waals surface area contributed by atoms with Gasteiger partial charge in [0, 0.05) is 5.03 Å². The Kier molecular flexibility index (Phi) is 1.69. The van der Waals surface area contributed by atoms with Gasteiger partial charge in [0.25, 0.3) is 0 Å². The molecule has 2 aliphatic carbocycles. The number of fused-ring (bicyclic) bond motifs is 2. The van der Waals surface area contributed by atoms with Crippen molar-refractivity contribution in [3.05, 3.63) is 11.1 Å². The van der Waals surface area contributed by atoms with Crippen molar-refractivity contribution in [3.63, 3.8) is 0 Å². The van der Waals surface area contributed by atoms with Crippen molar-refractivity contribution >= 4 is 23.2 Å². The zero-order valence-corrected chi connectivity index (χ0v) is 7.20. The minimum atomic E-state index is 0.125. The fourth-order valence-corrected chi connectivity index (χ4v) is 2.67. The van der Waals surface area contributed by atoms with Gasteiger partial charge >= 0.3 is 0 Å². The molecule has 2 aliphatic rings. The molecule has 2 heteroatoms. The highest BCUT2D eigenvalue weighted by molar-refractivity contribution is 6.37. The number of rotatable bonds is 0. The molecular weight excluding hydrogens is 167 g/mol. The van der Waals surface area contributed by atoms with E-state index in [4.69, 9.17) is 23.2 Å². The van der Waals surface area contributed by atoms with Gasteiger partial charge in [-0.15, -0.1) is 11.6 Å². The van der Waals surface area contributed by atoms with Crippen LogP contribution in [0.3, 0.4) is 0 Å². The second-order valence-corrected chi connectivity index (χ2v) is 4.19. The Balaban J connectivity index is 2.25. The lowest BCUT2D eigenvalue weighted by atomic mass is 9.95. The van der Waals surface area contributed by atoms with Gasteiger partial charge in [0.2, 0.25) is 0 Å². The van der Waals surface area contributed by atoms with E-state index in [9.17, 15) is 0 Å². The summed E-state index contributed by atoms with van der Waals surface area (Å²) in [5.74, 6) is 1.41. The molecule has 0 aromatic carbocycles. The summed E-state index contributed by atoms with van der Waals surface area (Å²) in [5.41, 5.74) is 0. The normalized spacial score (nSPS) is 45.4. The van der Waals surface area contributed by atoms with Crippen LogP contribution in [0.15, 0.2) is 11.1 Å². The molecular formula is C8H10Cl2. The Morgan fingerprint density at radius 1 is 1.40 bits per heavy atom. The van der Waals surface area contributed by atoms with Gasteiger partial charge in [-0.1, -0.05) is 17.7 Å². The van der Waals surface area contributed by atoms with Gasteiger partial charge < -0.3 is 0 Å². The Hall–Kier alpha value is 0.320. The van der Waals surface area contributed by atoms with Crippen molar-refractivity contribution in [1.82, 2.24) is 0 Å². The molecule has 0 radical (unpaired) electrons. The molecule has 2 rings (SSSR count). The van der Waals surface area contributed by atoms with E-state index in [0.717, 1.165) is 11.0 Å². The van der Waals surface area contributed by atoms with Crippen LogP contribution in [-0.4, -0.2) is 5.38 Å². The van der Waals surface area contributed by atoms with E-state index in [0.29, 0.717) is 5.92 Å². The molecule has 0 aliphatic heterocycles. The monoisotopic (exact) mass is 176 g/mol. The third-order valence-electron chi connectivity index (χ3n) is 2.59. The Morgan fingerprint density at radius 3 is 3.00 bits per heavy atom. The van der Waals surface area contributed by atoms with E-state index < -0.39 is 0 Å². The molecule has 0 heterocycles. The molecule has 0 saturated heterocycles. The van der Waals surface area contributed by atoms with E-state index in [2.05, 4.69) is 6.08 Å². The largest absolute Gasteiger partial charge is 0.117 e.